The van der Waals surface area contributed by atoms with E-state index < -0.39 is 0 Å². The molecule has 1 N–H and O–H groups in total. The van der Waals surface area contributed by atoms with Gasteiger partial charge in [-0.25, -0.2) is 9.78 Å². The van der Waals surface area contributed by atoms with E-state index in [-0.39, 0.29) is 6.03 Å². The molecule has 0 radical (unpaired) electrons. The summed E-state index contributed by atoms with van der Waals surface area (Å²) >= 11 is 0. The third-order valence-corrected chi connectivity index (χ3v) is 1.63. The summed E-state index contributed by atoms with van der Waals surface area (Å²) < 4.78 is 0. The Kier molecular flexibility index (Phi) is 3.25. The molecule has 1 aromatic heterocycles. The Balaban J connectivity index is 2.68. The Morgan fingerprint density at radius 3 is 2.92 bits per heavy atom. The van der Waals surface area contributed by atoms with E-state index in [4.69, 9.17) is 0 Å². The predicted molar refractivity (Wildman–Crippen MR) is 51.7 cm³/mol. The van der Waals surface area contributed by atoms with Crippen LogP contribution in [0.25, 0.3) is 0 Å². The van der Waals surface area contributed by atoms with Gasteiger partial charge in [-0.05, 0) is 19.1 Å². The van der Waals surface area contributed by atoms with E-state index in [1.165, 1.54) is 4.90 Å². The van der Waals surface area contributed by atoms with Gasteiger partial charge in [0.1, 0.15) is 5.82 Å². The minimum absolute atomic E-state index is 0.138. The summed E-state index contributed by atoms with van der Waals surface area (Å²) in [4.78, 5) is 16.8. The summed E-state index contributed by atoms with van der Waals surface area (Å²) in [5, 5.41) is 2.69. The lowest BCUT2D eigenvalue weighted by atomic mass is 10.4. The second-order valence-electron chi connectivity index (χ2n) is 2.58. The number of rotatable bonds is 2. The molecule has 0 saturated heterocycles. The van der Waals surface area contributed by atoms with Crippen molar-refractivity contribution in [2.45, 2.75) is 6.92 Å². The summed E-state index contributed by atoms with van der Waals surface area (Å²) in [7, 11) is 1.69. The number of amides is 2. The van der Waals surface area contributed by atoms with E-state index in [9.17, 15) is 4.79 Å². The monoisotopic (exact) mass is 179 g/mol. The van der Waals surface area contributed by atoms with E-state index >= 15 is 0 Å². The fourth-order valence-corrected chi connectivity index (χ4v) is 0.926. The molecule has 2 amide bonds. The van der Waals surface area contributed by atoms with E-state index in [1.807, 2.05) is 19.1 Å². The topological polar surface area (TPSA) is 45.2 Å². The predicted octanol–water partition coefficient (Wildman–Crippen LogP) is 1.25. The van der Waals surface area contributed by atoms with Crippen LogP contribution in [0.3, 0.4) is 0 Å². The lowest BCUT2D eigenvalue weighted by Gasteiger charge is -2.15. The first-order valence-electron chi connectivity index (χ1n) is 4.18. The lowest BCUT2D eigenvalue weighted by molar-refractivity contribution is 0.248. The van der Waals surface area contributed by atoms with Crippen molar-refractivity contribution < 1.29 is 4.79 Å². The number of nitrogens with one attached hydrogen (secondary N) is 1. The zero-order valence-electron chi connectivity index (χ0n) is 7.82. The highest BCUT2D eigenvalue weighted by Crippen LogP contribution is 2.05. The molecule has 0 aromatic carbocycles. The molecule has 4 nitrogen and oxygen atoms in total. The van der Waals surface area contributed by atoms with Crippen LogP contribution in [-0.2, 0) is 0 Å². The highest BCUT2D eigenvalue weighted by molar-refractivity contribution is 5.90. The highest BCUT2D eigenvalue weighted by atomic mass is 16.2. The number of pyridine rings is 1. The van der Waals surface area contributed by atoms with Crippen molar-refractivity contribution in [3.05, 3.63) is 24.4 Å². The van der Waals surface area contributed by atoms with Crippen LogP contribution in [0.2, 0.25) is 0 Å². The summed E-state index contributed by atoms with van der Waals surface area (Å²) in [6.45, 7) is 2.50. The fourth-order valence-electron chi connectivity index (χ4n) is 0.926. The van der Waals surface area contributed by atoms with Gasteiger partial charge >= 0.3 is 6.03 Å². The molecule has 0 unspecified atom stereocenters. The Labute approximate surface area is 77.6 Å². The number of carbonyl (C=O) groups is 1. The van der Waals surface area contributed by atoms with Crippen molar-refractivity contribution in [1.82, 2.24) is 10.3 Å². The zero-order valence-corrected chi connectivity index (χ0v) is 7.82. The summed E-state index contributed by atoms with van der Waals surface area (Å²) in [5.41, 5.74) is 0. The van der Waals surface area contributed by atoms with Crippen molar-refractivity contribution >= 4 is 11.8 Å². The number of anilines is 1. The van der Waals surface area contributed by atoms with E-state index in [0.717, 1.165) is 0 Å². The molecule has 0 bridgehead atoms. The molecule has 0 aliphatic heterocycles. The molecular formula is C9H13N3O. The van der Waals surface area contributed by atoms with Crippen molar-refractivity contribution in [2.75, 3.05) is 18.5 Å². The molecule has 1 heterocycles. The maximum absolute atomic E-state index is 11.3. The molecule has 13 heavy (non-hydrogen) atoms. The minimum Gasteiger partial charge on any atom is -0.338 e. The van der Waals surface area contributed by atoms with Crippen LogP contribution in [0.4, 0.5) is 10.6 Å². The molecule has 0 aliphatic rings. The molecule has 0 spiro atoms. The van der Waals surface area contributed by atoms with Gasteiger partial charge in [-0.3, -0.25) is 4.90 Å². The smallest absolute Gasteiger partial charge is 0.322 e. The van der Waals surface area contributed by atoms with Crippen LogP contribution >= 0.6 is 0 Å². The second kappa shape index (κ2) is 4.45. The Morgan fingerprint density at radius 1 is 1.62 bits per heavy atom. The van der Waals surface area contributed by atoms with Gasteiger partial charge in [0.2, 0.25) is 0 Å². The zero-order chi connectivity index (χ0) is 9.68. The van der Waals surface area contributed by atoms with Crippen molar-refractivity contribution in [3.8, 4) is 0 Å². The summed E-state index contributed by atoms with van der Waals surface area (Å²) in [6, 6.07) is 5.31. The van der Waals surface area contributed by atoms with Gasteiger partial charge in [0, 0.05) is 19.8 Å². The number of hydrogen-bond donors (Lipinski definition) is 1. The van der Waals surface area contributed by atoms with Crippen LogP contribution in [0, 0.1) is 0 Å². The summed E-state index contributed by atoms with van der Waals surface area (Å²) in [6.07, 6.45) is 1.66. The van der Waals surface area contributed by atoms with Gasteiger partial charge in [0.25, 0.3) is 0 Å². The van der Waals surface area contributed by atoms with Gasteiger partial charge < -0.3 is 5.32 Å². The van der Waals surface area contributed by atoms with Crippen molar-refractivity contribution in [3.63, 3.8) is 0 Å². The van der Waals surface area contributed by atoms with Crippen LogP contribution in [0.1, 0.15) is 6.92 Å². The Bertz CT molecular complexity index is 273. The van der Waals surface area contributed by atoms with E-state index in [2.05, 4.69) is 10.3 Å². The molecule has 0 aliphatic carbocycles. The van der Waals surface area contributed by atoms with Gasteiger partial charge in [-0.15, -0.1) is 0 Å². The molecule has 1 rings (SSSR count). The van der Waals surface area contributed by atoms with Crippen molar-refractivity contribution in [1.29, 1.82) is 0 Å². The number of urea groups is 1. The Morgan fingerprint density at radius 2 is 2.38 bits per heavy atom. The molecule has 4 heteroatoms. The number of carbonyl (C=O) groups excluding carboxylic acids is 1. The number of aromatic nitrogens is 1. The quantitative estimate of drug-likeness (QED) is 0.742. The summed E-state index contributed by atoms with van der Waals surface area (Å²) in [5.74, 6) is 0.647. The van der Waals surface area contributed by atoms with Gasteiger partial charge in [0.05, 0.1) is 0 Å². The van der Waals surface area contributed by atoms with Gasteiger partial charge in [-0.2, -0.15) is 0 Å². The van der Waals surface area contributed by atoms with E-state index in [1.54, 1.807) is 19.3 Å². The maximum atomic E-state index is 11.3. The first-order valence-corrected chi connectivity index (χ1v) is 4.18. The lowest BCUT2D eigenvalue weighted by Crippen LogP contribution is -2.37. The SMILES string of the molecule is CCNC(=O)N(C)c1ccccn1. The largest absolute Gasteiger partial charge is 0.338 e. The minimum atomic E-state index is -0.138. The first-order chi connectivity index (χ1) is 6.25. The second-order valence-corrected chi connectivity index (χ2v) is 2.58. The molecule has 1 aromatic rings. The van der Waals surface area contributed by atoms with E-state index in [0.29, 0.717) is 12.4 Å². The van der Waals surface area contributed by atoms with Crippen molar-refractivity contribution in [2.24, 2.45) is 0 Å². The average Bonchev–Trinajstić information content (AvgIpc) is 2.18. The molecule has 0 fully saturated rings. The van der Waals surface area contributed by atoms with Crippen LogP contribution in [-0.4, -0.2) is 24.6 Å². The molecule has 0 saturated carbocycles. The van der Waals surface area contributed by atoms with Gasteiger partial charge in [-0.1, -0.05) is 6.07 Å². The molecule has 0 atom stereocenters. The molecule has 70 valence electrons. The number of nitrogens with zero attached hydrogens (tertiary/aromatic N) is 2. The van der Waals surface area contributed by atoms with Gasteiger partial charge in [0.15, 0.2) is 0 Å². The molecular weight excluding hydrogens is 166 g/mol. The number of hydrogen-bond acceptors (Lipinski definition) is 2. The third-order valence-electron chi connectivity index (χ3n) is 1.63. The average molecular weight is 179 g/mol. The maximum Gasteiger partial charge on any atom is 0.322 e. The first kappa shape index (κ1) is 9.51. The standard InChI is InChI=1S/C9H13N3O/c1-3-10-9(13)12(2)8-6-4-5-7-11-8/h4-7H,3H2,1-2H3,(H,10,13). The van der Waals surface area contributed by atoms with Crippen LogP contribution in [0.15, 0.2) is 24.4 Å². The fraction of sp³-hybridized carbons (Fsp3) is 0.333. The Hall–Kier alpha value is -1.58. The highest BCUT2D eigenvalue weighted by Gasteiger charge is 2.08. The normalized spacial score (nSPS) is 9.38. The van der Waals surface area contributed by atoms with Crippen LogP contribution < -0.4 is 10.2 Å². The van der Waals surface area contributed by atoms with Crippen LogP contribution in [0.5, 0.6) is 0 Å². The third kappa shape index (κ3) is 2.43.